The molecule has 0 radical (unpaired) electrons. The van der Waals surface area contributed by atoms with Crippen LogP contribution in [0.2, 0.25) is 0 Å². The zero-order valence-electron chi connectivity index (χ0n) is 15.7. The Morgan fingerprint density at radius 1 is 1.07 bits per heavy atom. The fourth-order valence-corrected chi connectivity index (χ4v) is 3.32. The molecule has 0 atom stereocenters. The maximum absolute atomic E-state index is 11.0. The largest absolute Gasteiger partial charge is 0.345 e. The minimum atomic E-state index is -3.41. The van der Waals surface area contributed by atoms with E-state index in [0.717, 1.165) is 39.8 Å². The van der Waals surface area contributed by atoms with Gasteiger partial charge in [0.15, 0.2) is 0 Å². The van der Waals surface area contributed by atoms with Gasteiger partial charge < -0.3 is 10.3 Å². The summed E-state index contributed by atoms with van der Waals surface area (Å²) in [6.07, 6.45) is 6.88. The first kappa shape index (κ1) is 19.0. The molecule has 0 bridgehead atoms. The molecule has 3 heterocycles. The predicted molar refractivity (Wildman–Crippen MR) is 111 cm³/mol. The number of pyridine rings is 1. The first-order valence-electron chi connectivity index (χ1n) is 8.94. The number of nitrogens with one attached hydrogen (secondary N) is 2. The molecule has 1 aromatic carbocycles. The van der Waals surface area contributed by atoms with Crippen LogP contribution in [0.4, 0.5) is 11.6 Å². The van der Waals surface area contributed by atoms with Gasteiger partial charge in [-0.1, -0.05) is 12.1 Å². The van der Waals surface area contributed by atoms with Crippen LogP contribution in [0, 0.1) is 0 Å². The molecule has 2 N–H and O–H groups in total. The summed E-state index contributed by atoms with van der Waals surface area (Å²) in [6, 6.07) is 13.3. The van der Waals surface area contributed by atoms with E-state index in [9.17, 15) is 8.42 Å². The molecule has 0 saturated heterocycles. The Balaban J connectivity index is 1.47. The van der Waals surface area contributed by atoms with Crippen molar-refractivity contribution in [2.24, 2.45) is 0 Å². The van der Waals surface area contributed by atoms with Crippen LogP contribution in [-0.2, 0) is 20.7 Å². The summed E-state index contributed by atoms with van der Waals surface area (Å²) in [7, 11) is -3.41. The summed E-state index contributed by atoms with van der Waals surface area (Å²) in [6.45, 7) is 0.121. The molecule has 0 spiro atoms. The van der Waals surface area contributed by atoms with E-state index in [0.29, 0.717) is 12.4 Å². The van der Waals surface area contributed by atoms with Crippen molar-refractivity contribution in [1.29, 1.82) is 0 Å². The fourth-order valence-electron chi connectivity index (χ4n) is 2.93. The van der Waals surface area contributed by atoms with Gasteiger partial charge in [-0.05, 0) is 42.3 Å². The van der Waals surface area contributed by atoms with Crippen LogP contribution in [0.1, 0.15) is 5.56 Å². The first-order valence-corrected chi connectivity index (χ1v) is 10.8. The first-order chi connectivity index (χ1) is 14.0. The lowest BCUT2D eigenvalue weighted by molar-refractivity contribution is 0.326. The zero-order valence-corrected chi connectivity index (χ0v) is 16.5. The van der Waals surface area contributed by atoms with E-state index in [-0.39, 0.29) is 6.61 Å². The third kappa shape index (κ3) is 4.76. The van der Waals surface area contributed by atoms with Gasteiger partial charge in [0.1, 0.15) is 5.65 Å². The van der Waals surface area contributed by atoms with E-state index in [1.165, 1.54) is 0 Å². The number of rotatable bonds is 7. The summed E-state index contributed by atoms with van der Waals surface area (Å²) < 4.78 is 26.8. The molecular formula is C20H19N5O3S. The Hall–Kier alpha value is -3.30. The number of nitrogens with zero attached hydrogens (tertiary/aromatic N) is 3. The van der Waals surface area contributed by atoms with Crippen LogP contribution >= 0.6 is 0 Å². The Labute approximate surface area is 168 Å². The minimum Gasteiger partial charge on any atom is -0.345 e. The lowest BCUT2D eigenvalue weighted by Gasteiger charge is -2.07. The highest BCUT2D eigenvalue weighted by Gasteiger charge is 2.09. The van der Waals surface area contributed by atoms with Crippen molar-refractivity contribution in [2.75, 3.05) is 18.2 Å². The van der Waals surface area contributed by atoms with E-state index in [2.05, 4.69) is 25.3 Å². The molecule has 0 unspecified atom stereocenters. The van der Waals surface area contributed by atoms with Crippen molar-refractivity contribution in [1.82, 2.24) is 19.9 Å². The van der Waals surface area contributed by atoms with Gasteiger partial charge in [0.2, 0.25) is 5.95 Å². The molecular weight excluding hydrogens is 390 g/mol. The normalized spacial score (nSPS) is 11.6. The number of fused-ring (bicyclic) bond motifs is 1. The van der Waals surface area contributed by atoms with Gasteiger partial charge in [0.25, 0.3) is 10.1 Å². The molecule has 9 heteroatoms. The fraction of sp³-hybridized carbons (Fsp3) is 0.150. The second-order valence-corrected chi connectivity index (χ2v) is 8.11. The van der Waals surface area contributed by atoms with E-state index in [1.807, 2.05) is 48.7 Å². The Morgan fingerprint density at radius 2 is 1.90 bits per heavy atom. The zero-order chi connectivity index (χ0) is 20.3. The molecule has 4 aromatic rings. The van der Waals surface area contributed by atoms with Crippen LogP contribution in [-0.4, -0.2) is 41.2 Å². The molecule has 0 aliphatic rings. The quantitative estimate of drug-likeness (QED) is 0.451. The third-order valence-corrected chi connectivity index (χ3v) is 4.88. The second-order valence-electron chi connectivity index (χ2n) is 6.47. The number of aromatic amines is 1. The molecule has 4 rings (SSSR count). The average molecular weight is 409 g/mol. The minimum absolute atomic E-state index is 0.121. The highest BCUT2D eigenvalue weighted by atomic mass is 32.2. The highest BCUT2D eigenvalue weighted by Crippen LogP contribution is 2.26. The van der Waals surface area contributed by atoms with E-state index >= 15 is 0 Å². The van der Waals surface area contributed by atoms with E-state index in [4.69, 9.17) is 4.18 Å². The Bertz CT molecular complexity index is 1240. The maximum Gasteiger partial charge on any atom is 0.264 e. The van der Waals surface area contributed by atoms with E-state index in [1.54, 1.807) is 12.4 Å². The van der Waals surface area contributed by atoms with E-state index < -0.39 is 10.1 Å². The summed E-state index contributed by atoms with van der Waals surface area (Å²) >= 11 is 0. The Morgan fingerprint density at radius 3 is 2.69 bits per heavy atom. The molecule has 0 aliphatic carbocycles. The van der Waals surface area contributed by atoms with Gasteiger partial charge in [-0.3, -0.25) is 4.18 Å². The number of hydrogen-bond acceptors (Lipinski definition) is 7. The summed E-state index contributed by atoms with van der Waals surface area (Å²) in [5, 5.41) is 4.18. The van der Waals surface area contributed by atoms with Crippen molar-refractivity contribution in [3.63, 3.8) is 0 Å². The molecule has 148 valence electrons. The third-order valence-electron chi connectivity index (χ3n) is 4.28. The standard InChI is InChI=1S/C20H19N5O3S/c1-29(26,27)28-12-9-14-4-6-15(7-5-14)24-20-22-11-8-18(25-20)17-13-23-19-16(17)3-2-10-21-19/h2-8,10-11,13H,9,12H2,1H3,(H,21,23)(H,22,24,25). The van der Waals surface area contributed by atoms with Crippen LogP contribution in [0.3, 0.4) is 0 Å². The molecule has 0 fully saturated rings. The topological polar surface area (TPSA) is 110 Å². The maximum atomic E-state index is 11.0. The van der Waals surface area contributed by atoms with Crippen LogP contribution in [0.15, 0.2) is 61.1 Å². The van der Waals surface area contributed by atoms with Gasteiger partial charge >= 0.3 is 0 Å². The lowest BCUT2D eigenvalue weighted by Crippen LogP contribution is -2.06. The monoisotopic (exact) mass is 409 g/mol. The smallest absolute Gasteiger partial charge is 0.264 e. The number of benzene rings is 1. The molecule has 3 aromatic heterocycles. The van der Waals surface area contributed by atoms with Gasteiger partial charge in [0, 0.05) is 35.2 Å². The molecule has 8 nitrogen and oxygen atoms in total. The second kappa shape index (κ2) is 7.98. The molecule has 29 heavy (non-hydrogen) atoms. The van der Waals surface area contributed by atoms with Gasteiger partial charge in [-0.2, -0.15) is 8.42 Å². The van der Waals surface area contributed by atoms with Crippen LogP contribution < -0.4 is 5.32 Å². The lowest BCUT2D eigenvalue weighted by atomic mass is 10.1. The SMILES string of the molecule is CS(=O)(=O)OCCc1ccc(Nc2nccc(-c3c[nH]c4ncccc34)n2)cc1. The van der Waals surface area contributed by atoms with Gasteiger partial charge in [-0.15, -0.1) is 0 Å². The Kier molecular flexibility index (Phi) is 5.24. The van der Waals surface area contributed by atoms with Gasteiger partial charge in [0.05, 0.1) is 18.6 Å². The van der Waals surface area contributed by atoms with Crippen LogP contribution in [0.5, 0.6) is 0 Å². The summed E-state index contributed by atoms with van der Waals surface area (Å²) in [5.41, 5.74) is 4.36. The van der Waals surface area contributed by atoms with Crippen LogP contribution in [0.25, 0.3) is 22.3 Å². The van der Waals surface area contributed by atoms with Gasteiger partial charge in [-0.25, -0.2) is 15.0 Å². The van der Waals surface area contributed by atoms with Crippen molar-refractivity contribution >= 4 is 32.8 Å². The number of aromatic nitrogens is 4. The number of H-pyrrole nitrogens is 1. The van der Waals surface area contributed by atoms with Crippen molar-refractivity contribution in [2.45, 2.75) is 6.42 Å². The predicted octanol–water partition coefficient (Wildman–Crippen LogP) is 3.28. The highest BCUT2D eigenvalue weighted by molar-refractivity contribution is 7.85. The van der Waals surface area contributed by atoms with Crippen molar-refractivity contribution < 1.29 is 12.6 Å². The number of anilines is 2. The average Bonchev–Trinajstić information content (AvgIpc) is 3.13. The molecule has 0 amide bonds. The molecule has 0 aliphatic heterocycles. The summed E-state index contributed by atoms with van der Waals surface area (Å²) in [5.74, 6) is 0.480. The van der Waals surface area contributed by atoms with Crippen molar-refractivity contribution in [3.05, 3.63) is 66.6 Å². The molecule has 0 saturated carbocycles. The number of hydrogen-bond donors (Lipinski definition) is 2. The summed E-state index contributed by atoms with van der Waals surface area (Å²) in [4.78, 5) is 16.3. The van der Waals surface area contributed by atoms with Crippen molar-refractivity contribution in [3.8, 4) is 11.3 Å².